The number of rotatable bonds is 5. The predicted octanol–water partition coefficient (Wildman–Crippen LogP) is 1.45. The largest absolute Gasteiger partial charge is 0.329 e. The standard InChI is InChI=1S/C10H15ClN2O2S/c1-2-13(16(14,15)8-7-12)10-6-4-3-5-9(10)11/h3-6H,2,7-8,12H2,1H3. The predicted molar refractivity (Wildman–Crippen MR) is 67.3 cm³/mol. The zero-order valence-corrected chi connectivity index (χ0v) is 10.6. The molecule has 0 aromatic heterocycles. The van der Waals surface area contributed by atoms with Gasteiger partial charge in [-0.2, -0.15) is 0 Å². The van der Waals surface area contributed by atoms with Crippen LogP contribution in [0.4, 0.5) is 5.69 Å². The van der Waals surface area contributed by atoms with E-state index in [4.69, 9.17) is 17.3 Å². The van der Waals surface area contributed by atoms with Crippen LogP contribution in [0.2, 0.25) is 5.02 Å². The number of halogens is 1. The van der Waals surface area contributed by atoms with Crippen LogP contribution in [0.3, 0.4) is 0 Å². The first-order valence-electron chi connectivity index (χ1n) is 4.98. The first-order chi connectivity index (χ1) is 7.53. The summed E-state index contributed by atoms with van der Waals surface area (Å²) in [4.78, 5) is 0. The van der Waals surface area contributed by atoms with Crippen molar-refractivity contribution < 1.29 is 8.42 Å². The summed E-state index contributed by atoms with van der Waals surface area (Å²) in [7, 11) is -3.37. The Balaban J connectivity index is 3.14. The molecule has 0 heterocycles. The van der Waals surface area contributed by atoms with Crippen molar-refractivity contribution in [3.05, 3.63) is 29.3 Å². The molecule has 2 N–H and O–H groups in total. The molecular weight excluding hydrogens is 248 g/mol. The van der Waals surface area contributed by atoms with E-state index >= 15 is 0 Å². The van der Waals surface area contributed by atoms with Crippen molar-refractivity contribution >= 4 is 27.3 Å². The molecule has 0 saturated heterocycles. The SMILES string of the molecule is CCN(c1ccccc1Cl)S(=O)(=O)CCN. The van der Waals surface area contributed by atoms with Crippen molar-refractivity contribution in [2.45, 2.75) is 6.92 Å². The second-order valence-electron chi connectivity index (χ2n) is 3.22. The second kappa shape index (κ2) is 5.52. The maximum absolute atomic E-state index is 11.9. The molecule has 1 aromatic rings. The number of para-hydroxylation sites is 1. The molecule has 0 aliphatic rings. The molecule has 0 aliphatic heterocycles. The Hall–Kier alpha value is -0.780. The highest BCUT2D eigenvalue weighted by atomic mass is 35.5. The number of hydrogen-bond donors (Lipinski definition) is 1. The molecule has 0 amide bonds. The lowest BCUT2D eigenvalue weighted by Gasteiger charge is -2.23. The van der Waals surface area contributed by atoms with Gasteiger partial charge in [-0.05, 0) is 19.1 Å². The van der Waals surface area contributed by atoms with E-state index in [0.717, 1.165) is 0 Å². The fourth-order valence-corrected chi connectivity index (χ4v) is 3.09. The van der Waals surface area contributed by atoms with Gasteiger partial charge >= 0.3 is 0 Å². The van der Waals surface area contributed by atoms with Gasteiger partial charge in [-0.1, -0.05) is 23.7 Å². The summed E-state index contributed by atoms with van der Waals surface area (Å²) in [5, 5.41) is 0.421. The molecule has 4 nitrogen and oxygen atoms in total. The Morgan fingerprint density at radius 2 is 2.00 bits per heavy atom. The lowest BCUT2D eigenvalue weighted by atomic mass is 10.3. The van der Waals surface area contributed by atoms with E-state index in [2.05, 4.69) is 0 Å². The highest BCUT2D eigenvalue weighted by molar-refractivity contribution is 7.92. The average Bonchev–Trinajstić information content (AvgIpc) is 2.21. The van der Waals surface area contributed by atoms with E-state index < -0.39 is 10.0 Å². The first-order valence-corrected chi connectivity index (χ1v) is 6.96. The minimum atomic E-state index is -3.37. The van der Waals surface area contributed by atoms with Gasteiger partial charge in [0.15, 0.2) is 0 Å². The Morgan fingerprint density at radius 1 is 1.38 bits per heavy atom. The molecule has 16 heavy (non-hydrogen) atoms. The van der Waals surface area contributed by atoms with E-state index in [9.17, 15) is 8.42 Å². The third-order valence-corrected chi connectivity index (χ3v) is 4.32. The number of nitrogens with two attached hydrogens (primary N) is 1. The minimum absolute atomic E-state index is 0.0773. The van der Waals surface area contributed by atoms with Gasteiger partial charge in [0.2, 0.25) is 10.0 Å². The highest BCUT2D eigenvalue weighted by Crippen LogP contribution is 2.27. The van der Waals surface area contributed by atoms with E-state index in [1.165, 1.54) is 4.31 Å². The number of benzene rings is 1. The molecular formula is C10H15ClN2O2S. The van der Waals surface area contributed by atoms with Crippen LogP contribution in [0, 0.1) is 0 Å². The number of sulfonamides is 1. The van der Waals surface area contributed by atoms with Crippen LogP contribution < -0.4 is 10.0 Å². The zero-order valence-electron chi connectivity index (χ0n) is 9.06. The summed E-state index contributed by atoms with van der Waals surface area (Å²) >= 11 is 5.97. The molecule has 0 fully saturated rings. The topological polar surface area (TPSA) is 63.4 Å². The third-order valence-electron chi connectivity index (χ3n) is 2.12. The van der Waals surface area contributed by atoms with Crippen molar-refractivity contribution in [1.82, 2.24) is 0 Å². The summed E-state index contributed by atoms with van der Waals surface area (Å²) in [6.07, 6.45) is 0. The van der Waals surface area contributed by atoms with Gasteiger partial charge in [0.1, 0.15) is 0 Å². The van der Waals surface area contributed by atoms with Crippen LogP contribution in [0.15, 0.2) is 24.3 Å². The van der Waals surface area contributed by atoms with Gasteiger partial charge in [-0.25, -0.2) is 8.42 Å². The molecule has 1 aromatic carbocycles. The van der Waals surface area contributed by atoms with E-state index in [0.29, 0.717) is 17.3 Å². The van der Waals surface area contributed by atoms with Crippen molar-refractivity contribution in [2.24, 2.45) is 5.73 Å². The quantitative estimate of drug-likeness (QED) is 0.874. The smallest absolute Gasteiger partial charge is 0.236 e. The molecule has 0 atom stereocenters. The summed E-state index contributed by atoms with van der Waals surface area (Å²) < 4.78 is 25.1. The molecule has 90 valence electrons. The van der Waals surface area contributed by atoms with Crippen molar-refractivity contribution in [2.75, 3.05) is 23.1 Å². The lowest BCUT2D eigenvalue weighted by molar-refractivity contribution is 0.591. The van der Waals surface area contributed by atoms with Crippen LogP contribution in [0.5, 0.6) is 0 Å². The van der Waals surface area contributed by atoms with Gasteiger partial charge in [-0.15, -0.1) is 0 Å². The maximum Gasteiger partial charge on any atom is 0.236 e. The Labute approximate surface area is 101 Å². The Morgan fingerprint density at radius 3 is 2.50 bits per heavy atom. The molecule has 0 bridgehead atoms. The van der Waals surface area contributed by atoms with Gasteiger partial charge in [0.25, 0.3) is 0 Å². The van der Waals surface area contributed by atoms with Gasteiger partial charge < -0.3 is 5.73 Å². The summed E-state index contributed by atoms with van der Waals surface area (Å²) in [6, 6.07) is 6.86. The van der Waals surface area contributed by atoms with Gasteiger partial charge in [0.05, 0.1) is 16.5 Å². The van der Waals surface area contributed by atoms with Crippen molar-refractivity contribution in [3.63, 3.8) is 0 Å². The zero-order chi connectivity index (χ0) is 12.2. The average molecular weight is 263 g/mol. The van der Waals surface area contributed by atoms with Gasteiger partial charge in [-0.3, -0.25) is 4.31 Å². The van der Waals surface area contributed by atoms with Crippen LogP contribution >= 0.6 is 11.6 Å². The fraction of sp³-hybridized carbons (Fsp3) is 0.400. The Kier molecular flexibility index (Phi) is 4.58. The second-order valence-corrected chi connectivity index (χ2v) is 5.64. The normalized spacial score (nSPS) is 11.4. The van der Waals surface area contributed by atoms with Crippen LogP contribution in [0.25, 0.3) is 0 Å². The molecule has 1 rings (SSSR count). The molecule has 0 aliphatic carbocycles. The highest BCUT2D eigenvalue weighted by Gasteiger charge is 2.21. The molecule has 0 spiro atoms. The van der Waals surface area contributed by atoms with Crippen LogP contribution in [-0.4, -0.2) is 27.3 Å². The maximum atomic E-state index is 11.9. The third kappa shape index (κ3) is 2.87. The minimum Gasteiger partial charge on any atom is -0.329 e. The number of hydrogen-bond acceptors (Lipinski definition) is 3. The molecule has 0 unspecified atom stereocenters. The monoisotopic (exact) mass is 262 g/mol. The molecule has 0 radical (unpaired) electrons. The van der Waals surface area contributed by atoms with E-state index in [1.807, 2.05) is 0 Å². The van der Waals surface area contributed by atoms with E-state index in [-0.39, 0.29) is 12.3 Å². The van der Waals surface area contributed by atoms with Crippen LogP contribution in [0.1, 0.15) is 6.92 Å². The van der Waals surface area contributed by atoms with E-state index in [1.54, 1.807) is 31.2 Å². The first kappa shape index (κ1) is 13.3. The molecule has 6 heteroatoms. The Bertz CT molecular complexity index is 448. The number of nitrogens with zero attached hydrogens (tertiary/aromatic N) is 1. The lowest BCUT2D eigenvalue weighted by Crippen LogP contribution is -2.35. The summed E-state index contributed by atoms with van der Waals surface area (Å²) in [5.41, 5.74) is 5.78. The van der Waals surface area contributed by atoms with Crippen molar-refractivity contribution in [1.29, 1.82) is 0 Å². The molecule has 0 saturated carbocycles. The number of anilines is 1. The summed E-state index contributed by atoms with van der Waals surface area (Å²) in [5.74, 6) is -0.0773. The fourth-order valence-electron chi connectivity index (χ4n) is 1.43. The van der Waals surface area contributed by atoms with Crippen molar-refractivity contribution in [3.8, 4) is 0 Å². The van der Waals surface area contributed by atoms with Crippen LogP contribution in [-0.2, 0) is 10.0 Å². The summed E-state index contributed by atoms with van der Waals surface area (Å²) in [6.45, 7) is 2.20. The van der Waals surface area contributed by atoms with Gasteiger partial charge in [0, 0.05) is 13.1 Å².